The number of hydrogen-bond donors (Lipinski definition) is 1. The quantitative estimate of drug-likeness (QED) is 0.705. The second kappa shape index (κ2) is 8.09. The Kier molecular flexibility index (Phi) is 6.67. The van der Waals surface area contributed by atoms with Crippen molar-refractivity contribution in [3.8, 4) is 5.75 Å². The lowest BCUT2D eigenvalue weighted by Crippen LogP contribution is -2.20. The molecule has 96 valence electrons. The summed E-state index contributed by atoms with van der Waals surface area (Å²) in [7, 11) is 3.65. The van der Waals surface area contributed by atoms with E-state index in [0.717, 1.165) is 25.2 Å². The van der Waals surface area contributed by atoms with Crippen molar-refractivity contribution in [3.63, 3.8) is 0 Å². The minimum atomic E-state index is 0.240. The second-order valence-corrected chi connectivity index (χ2v) is 4.07. The SMILES string of the molecule is CCCCOc1ccc(C(COC)NC)cc1. The van der Waals surface area contributed by atoms with Gasteiger partial charge in [-0.25, -0.2) is 0 Å². The summed E-state index contributed by atoms with van der Waals surface area (Å²) in [6, 6.07) is 8.45. The van der Waals surface area contributed by atoms with E-state index in [0.29, 0.717) is 6.61 Å². The second-order valence-electron chi connectivity index (χ2n) is 4.07. The molecule has 0 saturated carbocycles. The highest BCUT2D eigenvalue weighted by Crippen LogP contribution is 2.18. The number of nitrogens with one attached hydrogen (secondary N) is 1. The molecule has 0 spiro atoms. The molecule has 0 bridgehead atoms. The van der Waals surface area contributed by atoms with E-state index in [2.05, 4.69) is 24.4 Å². The fourth-order valence-electron chi connectivity index (χ4n) is 1.64. The van der Waals surface area contributed by atoms with E-state index >= 15 is 0 Å². The topological polar surface area (TPSA) is 30.5 Å². The van der Waals surface area contributed by atoms with Gasteiger partial charge in [0.1, 0.15) is 5.75 Å². The molecule has 3 nitrogen and oxygen atoms in total. The molecule has 0 aliphatic rings. The summed E-state index contributed by atoms with van der Waals surface area (Å²) in [5.74, 6) is 0.939. The Bertz CT molecular complexity index is 298. The standard InChI is InChI=1S/C14H23NO2/c1-4-5-10-17-13-8-6-12(7-9-13)14(15-2)11-16-3/h6-9,14-15H,4-5,10-11H2,1-3H3. The fraction of sp³-hybridized carbons (Fsp3) is 0.571. The number of ether oxygens (including phenoxy) is 2. The highest BCUT2D eigenvalue weighted by atomic mass is 16.5. The third-order valence-corrected chi connectivity index (χ3v) is 2.73. The average molecular weight is 237 g/mol. The first-order chi connectivity index (χ1) is 8.31. The van der Waals surface area contributed by atoms with Crippen LogP contribution in [0.5, 0.6) is 5.75 Å². The van der Waals surface area contributed by atoms with Crippen molar-refractivity contribution in [2.75, 3.05) is 27.4 Å². The lowest BCUT2D eigenvalue weighted by molar-refractivity contribution is 0.170. The van der Waals surface area contributed by atoms with Gasteiger partial charge in [0.2, 0.25) is 0 Å². The predicted molar refractivity (Wildman–Crippen MR) is 70.5 cm³/mol. The summed E-state index contributed by atoms with van der Waals surface area (Å²) < 4.78 is 10.8. The van der Waals surface area contributed by atoms with Crippen LogP contribution in [0.2, 0.25) is 0 Å². The summed E-state index contributed by atoms with van der Waals surface area (Å²) >= 11 is 0. The van der Waals surface area contributed by atoms with Gasteiger partial charge in [-0.15, -0.1) is 0 Å². The van der Waals surface area contributed by atoms with Crippen LogP contribution in [0.1, 0.15) is 31.4 Å². The van der Waals surface area contributed by atoms with E-state index in [-0.39, 0.29) is 6.04 Å². The number of rotatable bonds is 8. The first-order valence-corrected chi connectivity index (χ1v) is 6.20. The molecule has 0 fully saturated rings. The number of methoxy groups -OCH3 is 1. The van der Waals surface area contributed by atoms with Gasteiger partial charge in [0, 0.05) is 7.11 Å². The summed E-state index contributed by atoms with van der Waals surface area (Å²) in [4.78, 5) is 0. The molecule has 0 saturated heterocycles. The van der Waals surface area contributed by atoms with Crippen LogP contribution in [0.4, 0.5) is 0 Å². The summed E-state index contributed by atoms with van der Waals surface area (Å²) in [5.41, 5.74) is 1.22. The number of unbranched alkanes of at least 4 members (excludes halogenated alkanes) is 1. The Morgan fingerprint density at radius 1 is 1.24 bits per heavy atom. The first-order valence-electron chi connectivity index (χ1n) is 6.20. The van der Waals surface area contributed by atoms with Crippen molar-refractivity contribution < 1.29 is 9.47 Å². The molecular weight excluding hydrogens is 214 g/mol. The fourth-order valence-corrected chi connectivity index (χ4v) is 1.64. The van der Waals surface area contributed by atoms with Crippen LogP contribution in [-0.2, 0) is 4.74 Å². The number of likely N-dealkylation sites (N-methyl/N-ethyl adjacent to an activating group) is 1. The van der Waals surface area contributed by atoms with E-state index in [9.17, 15) is 0 Å². The molecule has 0 radical (unpaired) electrons. The van der Waals surface area contributed by atoms with E-state index in [1.165, 1.54) is 5.56 Å². The molecule has 1 unspecified atom stereocenters. The molecular formula is C14H23NO2. The maximum atomic E-state index is 5.62. The molecule has 1 rings (SSSR count). The lowest BCUT2D eigenvalue weighted by atomic mass is 10.1. The van der Waals surface area contributed by atoms with Gasteiger partial charge in [0.25, 0.3) is 0 Å². The highest BCUT2D eigenvalue weighted by Gasteiger charge is 2.08. The Labute approximate surface area is 104 Å². The smallest absolute Gasteiger partial charge is 0.119 e. The summed E-state index contributed by atoms with van der Waals surface area (Å²) in [6.07, 6.45) is 2.26. The Morgan fingerprint density at radius 3 is 2.47 bits per heavy atom. The molecule has 0 aliphatic carbocycles. The third-order valence-electron chi connectivity index (χ3n) is 2.73. The maximum Gasteiger partial charge on any atom is 0.119 e. The van der Waals surface area contributed by atoms with E-state index in [4.69, 9.17) is 9.47 Å². The third kappa shape index (κ3) is 4.75. The largest absolute Gasteiger partial charge is 0.494 e. The molecule has 0 aliphatic heterocycles. The predicted octanol–water partition coefficient (Wildman–Crippen LogP) is 2.77. The first kappa shape index (κ1) is 14.0. The zero-order valence-electron chi connectivity index (χ0n) is 11.0. The van der Waals surface area contributed by atoms with Crippen molar-refractivity contribution >= 4 is 0 Å². The molecule has 3 heteroatoms. The Hall–Kier alpha value is -1.06. The zero-order valence-corrected chi connectivity index (χ0v) is 11.0. The van der Waals surface area contributed by atoms with Crippen molar-refractivity contribution in [3.05, 3.63) is 29.8 Å². The lowest BCUT2D eigenvalue weighted by Gasteiger charge is -2.16. The van der Waals surface area contributed by atoms with Crippen LogP contribution in [-0.4, -0.2) is 27.4 Å². The van der Waals surface area contributed by atoms with Gasteiger partial charge in [0.05, 0.1) is 19.3 Å². The molecule has 0 amide bonds. The van der Waals surface area contributed by atoms with Gasteiger partial charge >= 0.3 is 0 Å². The van der Waals surface area contributed by atoms with Crippen molar-refractivity contribution in [1.29, 1.82) is 0 Å². The van der Waals surface area contributed by atoms with Gasteiger partial charge in [-0.3, -0.25) is 0 Å². The summed E-state index contributed by atoms with van der Waals surface area (Å²) in [5, 5.41) is 3.23. The number of hydrogen-bond acceptors (Lipinski definition) is 3. The van der Waals surface area contributed by atoms with E-state index in [1.54, 1.807) is 7.11 Å². The van der Waals surface area contributed by atoms with Gasteiger partial charge in [-0.1, -0.05) is 25.5 Å². The van der Waals surface area contributed by atoms with E-state index < -0.39 is 0 Å². The summed E-state index contributed by atoms with van der Waals surface area (Å²) in [6.45, 7) is 3.63. The molecule has 0 aromatic heterocycles. The molecule has 0 heterocycles. The minimum absolute atomic E-state index is 0.240. The number of benzene rings is 1. The van der Waals surface area contributed by atoms with Crippen LogP contribution in [0, 0.1) is 0 Å². The minimum Gasteiger partial charge on any atom is -0.494 e. The molecule has 1 aromatic rings. The van der Waals surface area contributed by atoms with Crippen molar-refractivity contribution in [2.45, 2.75) is 25.8 Å². The van der Waals surface area contributed by atoms with Crippen molar-refractivity contribution in [2.24, 2.45) is 0 Å². The van der Waals surface area contributed by atoms with Crippen LogP contribution >= 0.6 is 0 Å². The van der Waals surface area contributed by atoms with Gasteiger partial charge in [-0.2, -0.15) is 0 Å². The van der Waals surface area contributed by atoms with Crippen molar-refractivity contribution in [1.82, 2.24) is 5.32 Å². The van der Waals surface area contributed by atoms with Crippen LogP contribution in [0.15, 0.2) is 24.3 Å². The molecule has 17 heavy (non-hydrogen) atoms. The molecule has 1 atom stereocenters. The van der Waals surface area contributed by atoms with Crippen LogP contribution in [0.25, 0.3) is 0 Å². The zero-order chi connectivity index (χ0) is 12.5. The highest BCUT2D eigenvalue weighted by molar-refractivity contribution is 5.29. The molecule has 1 aromatic carbocycles. The van der Waals surface area contributed by atoms with E-state index in [1.807, 2.05) is 19.2 Å². The Balaban J connectivity index is 2.53. The maximum absolute atomic E-state index is 5.62. The van der Waals surface area contributed by atoms with Gasteiger partial charge in [0.15, 0.2) is 0 Å². The monoisotopic (exact) mass is 237 g/mol. The molecule has 1 N–H and O–H groups in total. The average Bonchev–Trinajstić information content (AvgIpc) is 2.37. The normalized spacial score (nSPS) is 12.4. The van der Waals surface area contributed by atoms with Gasteiger partial charge < -0.3 is 14.8 Å². The van der Waals surface area contributed by atoms with Crippen LogP contribution in [0.3, 0.4) is 0 Å². The van der Waals surface area contributed by atoms with Crippen LogP contribution < -0.4 is 10.1 Å². The van der Waals surface area contributed by atoms with Gasteiger partial charge in [-0.05, 0) is 31.2 Å². The Morgan fingerprint density at radius 2 is 1.94 bits per heavy atom.